The summed E-state index contributed by atoms with van der Waals surface area (Å²) in [6, 6.07) is 21.0. The van der Waals surface area contributed by atoms with Gasteiger partial charge in [-0.05, 0) is 55.1 Å². The first kappa shape index (κ1) is 22.5. The fraction of sp³-hybridized carbons (Fsp3) is 0.174. The number of hydrogen-bond donors (Lipinski definition) is 1. The molecule has 0 heterocycles. The summed E-state index contributed by atoms with van der Waals surface area (Å²) in [5.41, 5.74) is 1.82. The van der Waals surface area contributed by atoms with Gasteiger partial charge in [0.1, 0.15) is 5.82 Å². The maximum absolute atomic E-state index is 13.0. The van der Waals surface area contributed by atoms with E-state index in [-0.39, 0.29) is 23.2 Å². The Bertz CT molecular complexity index is 1140. The van der Waals surface area contributed by atoms with Gasteiger partial charge in [-0.2, -0.15) is 0 Å². The van der Waals surface area contributed by atoms with Crippen LogP contribution in [0, 0.1) is 5.82 Å². The van der Waals surface area contributed by atoms with Crippen molar-refractivity contribution >= 4 is 27.3 Å². The van der Waals surface area contributed by atoms with E-state index in [9.17, 15) is 17.6 Å². The molecule has 0 spiro atoms. The van der Waals surface area contributed by atoms with Crippen LogP contribution in [0.5, 0.6) is 0 Å². The number of rotatable bonds is 8. The fourth-order valence-electron chi connectivity index (χ4n) is 3.07. The summed E-state index contributed by atoms with van der Waals surface area (Å²) in [5, 5.41) is 2.74. The molecule has 3 aromatic rings. The number of benzene rings is 3. The third kappa shape index (κ3) is 5.90. The van der Waals surface area contributed by atoms with E-state index in [0.29, 0.717) is 17.9 Å². The van der Waals surface area contributed by atoms with E-state index in [1.54, 1.807) is 60.5 Å². The van der Waals surface area contributed by atoms with Crippen LogP contribution in [0.25, 0.3) is 0 Å². The fourth-order valence-corrected chi connectivity index (χ4v) is 4.31. The lowest BCUT2D eigenvalue weighted by Crippen LogP contribution is -2.30. The Labute approximate surface area is 182 Å². The lowest BCUT2D eigenvalue weighted by Gasteiger charge is -2.20. The van der Waals surface area contributed by atoms with E-state index in [0.717, 1.165) is 5.56 Å². The Morgan fingerprint density at radius 3 is 2.29 bits per heavy atom. The molecule has 31 heavy (non-hydrogen) atoms. The molecule has 0 aliphatic carbocycles. The van der Waals surface area contributed by atoms with Crippen molar-refractivity contribution in [2.45, 2.75) is 11.4 Å². The van der Waals surface area contributed by atoms with Gasteiger partial charge >= 0.3 is 0 Å². The highest BCUT2D eigenvalue weighted by Gasteiger charge is 2.21. The number of amides is 1. The second kappa shape index (κ2) is 9.72. The van der Waals surface area contributed by atoms with E-state index in [1.807, 2.05) is 6.07 Å². The first-order chi connectivity index (χ1) is 14.8. The van der Waals surface area contributed by atoms with E-state index >= 15 is 0 Å². The number of likely N-dealkylation sites (N-methyl/N-ethyl adjacent to an activating group) is 1. The van der Waals surface area contributed by atoms with Crippen LogP contribution in [-0.2, 0) is 21.4 Å². The summed E-state index contributed by atoms with van der Waals surface area (Å²) >= 11 is 0. The smallest absolute Gasteiger partial charge is 0.264 e. The van der Waals surface area contributed by atoms with E-state index in [1.165, 1.54) is 35.6 Å². The van der Waals surface area contributed by atoms with Gasteiger partial charge in [-0.15, -0.1) is 0 Å². The molecule has 1 amide bonds. The molecule has 1 N–H and O–H groups in total. The Morgan fingerprint density at radius 2 is 1.61 bits per heavy atom. The number of carbonyl (C=O) groups excluding carboxylic acids is 1. The third-order valence-corrected chi connectivity index (χ3v) is 6.46. The molecule has 0 aliphatic heterocycles. The number of halogens is 1. The Hall–Kier alpha value is -3.23. The normalized spacial score (nSPS) is 11.4. The second-order valence-electron chi connectivity index (χ2n) is 7.18. The van der Waals surface area contributed by atoms with Crippen LogP contribution >= 0.6 is 0 Å². The third-order valence-electron chi connectivity index (χ3n) is 4.68. The van der Waals surface area contributed by atoms with Crippen LogP contribution in [0.2, 0.25) is 0 Å². The summed E-state index contributed by atoms with van der Waals surface area (Å²) in [6.45, 7) is 0.572. The molecular formula is C23H24FN3O3S. The van der Waals surface area contributed by atoms with Crippen molar-refractivity contribution in [1.82, 2.24) is 4.90 Å². The van der Waals surface area contributed by atoms with E-state index in [4.69, 9.17) is 0 Å². The molecule has 0 saturated heterocycles. The molecule has 0 bridgehead atoms. The molecule has 0 unspecified atom stereocenters. The molecule has 0 saturated carbocycles. The number of para-hydroxylation sites is 1. The quantitative estimate of drug-likeness (QED) is 0.579. The highest BCUT2D eigenvalue weighted by molar-refractivity contribution is 7.92. The molecule has 6 nitrogen and oxygen atoms in total. The van der Waals surface area contributed by atoms with Crippen molar-refractivity contribution in [3.63, 3.8) is 0 Å². The monoisotopic (exact) mass is 441 g/mol. The predicted octanol–water partition coefficient (Wildman–Crippen LogP) is 3.72. The first-order valence-electron chi connectivity index (χ1n) is 9.62. The van der Waals surface area contributed by atoms with Gasteiger partial charge in [-0.1, -0.05) is 36.4 Å². The van der Waals surface area contributed by atoms with Gasteiger partial charge in [0.25, 0.3) is 10.0 Å². The largest absolute Gasteiger partial charge is 0.325 e. The van der Waals surface area contributed by atoms with Crippen molar-refractivity contribution in [1.29, 1.82) is 0 Å². The molecule has 0 aromatic heterocycles. The molecule has 3 aromatic carbocycles. The Morgan fingerprint density at radius 1 is 0.935 bits per heavy atom. The summed E-state index contributed by atoms with van der Waals surface area (Å²) < 4.78 is 40.1. The van der Waals surface area contributed by atoms with Gasteiger partial charge < -0.3 is 5.32 Å². The molecule has 0 fully saturated rings. The predicted molar refractivity (Wildman–Crippen MR) is 120 cm³/mol. The van der Waals surface area contributed by atoms with Crippen LogP contribution < -0.4 is 9.62 Å². The highest BCUT2D eigenvalue weighted by Crippen LogP contribution is 2.23. The average Bonchev–Trinajstić information content (AvgIpc) is 2.75. The molecule has 0 radical (unpaired) electrons. The van der Waals surface area contributed by atoms with Crippen LogP contribution in [0.1, 0.15) is 5.56 Å². The first-order valence-corrected chi connectivity index (χ1v) is 11.1. The average molecular weight is 442 g/mol. The van der Waals surface area contributed by atoms with Crippen molar-refractivity contribution in [2.24, 2.45) is 0 Å². The maximum atomic E-state index is 13.0. The number of nitrogens with one attached hydrogen (secondary N) is 1. The molecule has 0 aliphatic rings. The molecular weight excluding hydrogens is 417 g/mol. The number of sulfonamides is 1. The number of nitrogens with zero attached hydrogens (tertiary/aromatic N) is 2. The molecule has 3 rings (SSSR count). The van der Waals surface area contributed by atoms with Gasteiger partial charge in [0.05, 0.1) is 17.1 Å². The Kier molecular flexibility index (Phi) is 7.04. The van der Waals surface area contributed by atoms with Gasteiger partial charge in [0.15, 0.2) is 0 Å². The minimum atomic E-state index is -3.78. The summed E-state index contributed by atoms with van der Waals surface area (Å²) in [6.07, 6.45) is 0. The van der Waals surface area contributed by atoms with Gasteiger partial charge in [-0.3, -0.25) is 14.0 Å². The van der Waals surface area contributed by atoms with E-state index < -0.39 is 10.0 Å². The molecule has 8 heteroatoms. The van der Waals surface area contributed by atoms with E-state index in [2.05, 4.69) is 5.32 Å². The van der Waals surface area contributed by atoms with Gasteiger partial charge in [0, 0.05) is 19.3 Å². The summed E-state index contributed by atoms with van der Waals surface area (Å²) in [7, 11) is -0.514. The lowest BCUT2D eigenvalue weighted by molar-refractivity contribution is -0.117. The number of anilines is 2. The summed E-state index contributed by atoms with van der Waals surface area (Å²) in [5.74, 6) is -0.590. The second-order valence-corrected chi connectivity index (χ2v) is 9.15. The lowest BCUT2D eigenvalue weighted by atomic mass is 10.2. The van der Waals surface area contributed by atoms with Gasteiger partial charge in [-0.25, -0.2) is 12.8 Å². The zero-order chi connectivity index (χ0) is 22.4. The minimum Gasteiger partial charge on any atom is -0.325 e. The molecule has 0 atom stereocenters. The van der Waals surface area contributed by atoms with Crippen LogP contribution in [0.4, 0.5) is 15.8 Å². The maximum Gasteiger partial charge on any atom is 0.264 e. The van der Waals surface area contributed by atoms with Crippen molar-refractivity contribution in [3.8, 4) is 0 Å². The SMILES string of the molecule is CN(CC(=O)Nc1cccc(S(=O)(=O)N(C)c2ccccc2)c1)Cc1ccc(F)cc1. The van der Waals surface area contributed by atoms with Gasteiger partial charge in [0.2, 0.25) is 5.91 Å². The standard InChI is InChI=1S/C23H24FN3O3S/c1-26(16-18-11-13-19(24)14-12-18)17-23(28)25-20-7-6-10-22(15-20)31(29,30)27(2)21-8-4-3-5-9-21/h3-15H,16-17H2,1-2H3,(H,25,28). The van der Waals surface area contributed by atoms with Crippen molar-refractivity contribution < 1.29 is 17.6 Å². The topological polar surface area (TPSA) is 69.7 Å². The Balaban J connectivity index is 1.65. The van der Waals surface area contributed by atoms with Crippen molar-refractivity contribution in [3.05, 3.63) is 90.2 Å². The zero-order valence-electron chi connectivity index (χ0n) is 17.3. The summed E-state index contributed by atoms with van der Waals surface area (Å²) in [4.78, 5) is 14.3. The van der Waals surface area contributed by atoms with Crippen LogP contribution in [0.15, 0.2) is 83.8 Å². The number of hydrogen-bond acceptors (Lipinski definition) is 4. The van der Waals surface area contributed by atoms with Crippen LogP contribution in [-0.4, -0.2) is 39.9 Å². The molecule has 162 valence electrons. The minimum absolute atomic E-state index is 0.0799. The zero-order valence-corrected chi connectivity index (χ0v) is 18.1. The number of carbonyl (C=O) groups is 1. The highest BCUT2D eigenvalue weighted by atomic mass is 32.2. The van der Waals surface area contributed by atoms with Crippen molar-refractivity contribution in [2.75, 3.05) is 30.3 Å². The van der Waals surface area contributed by atoms with Crippen LogP contribution in [0.3, 0.4) is 0 Å².